The summed E-state index contributed by atoms with van der Waals surface area (Å²) in [6.45, 7) is 6.77. The average molecular weight is 356 g/mol. The molecule has 1 aromatic rings. The van der Waals surface area contributed by atoms with Gasteiger partial charge in [0.2, 0.25) is 0 Å². The fourth-order valence-corrected chi connectivity index (χ4v) is 3.31. The van der Waals surface area contributed by atoms with Crippen molar-refractivity contribution >= 4 is 17.5 Å². The molecular formula is C17H26ClN3O3. The molecule has 1 saturated heterocycles. The maximum Gasteiger partial charge on any atom is 0.255 e. The zero-order valence-electron chi connectivity index (χ0n) is 14.5. The van der Waals surface area contributed by atoms with Crippen molar-refractivity contribution in [1.82, 2.24) is 4.90 Å². The van der Waals surface area contributed by atoms with Gasteiger partial charge in [0.1, 0.15) is 0 Å². The summed E-state index contributed by atoms with van der Waals surface area (Å²) in [5, 5.41) is 0.401. The van der Waals surface area contributed by atoms with Crippen LogP contribution in [0.3, 0.4) is 0 Å². The molecule has 0 saturated carbocycles. The van der Waals surface area contributed by atoms with Gasteiger partial charge in [0.25, 0.3) is 5.91 Å². The van der Waals surface area contributed by atoms with E-state index < -0.39 is 5.91 Å². The predicted molar refractivity (Wildman–Crippen MR) is 94.3 cm³/mol. The van der Waals surface area contributed by atoms with Crippen LogP contribution >= 0.6 is 11.6 Å². The summed E-state index contributed by atoms with van der Waals surface area (Å²) in [5.41, 5.74) is 12.4. The molecule has 0 spiro atoms. The van der Waals surface area contributed by atoms with E-state index >= 15 is 0 Å². The van der Waals surface area contributed by atoms with E-state index in [9.17, 15) is 4.79 Å². The van der Waals surface area contributed by atoms with Gasteiger partial charge in [0.15, 0.2) is 18.1 Å². The van der Waals surface area contributed by atoms with E-state index in [1.807, 2.05) is 12.1 Å². The first-order chi connectivity index (χ1) is 11.2. The molecule has 0 aromatic heterocycles. The molecule has 1 atom stereocenters. The Bertz CT molecular complexity index is 607. The molecule has 1 aliphatic rings. The molecule has 0 bridgehead atoms. The van der Waals surface area contributed by atoms with Crippen LogP contribution in [0.15, 0.2) is 12.1 Å². The third kappa shape index (κ3) is 4.53. The molecule has 0 aliphatic carbocycles. The Morgan fingerprint density at radius 1 is 1.46 bits per heavy atom. The highest BCUT2D eigenvalue weighted by Gasteiger charge is 2.33. The van der Waals surface area contributed by atoms with Crippen molar-refractivity contribution in [2.45, 2.75) is 32.9 Å². The number of carbonyl (C=O) groups excluding carboxylic acids is 1. The number of hydrogen-bond acceptors (Lipinski definition) is 5. The first-order valence-electron chi connectivity index (χ1n) is 7.98. The number of hydrogen-bond donors (Lipinski definition) is 2. The SMILES string of the molecule is COc1cc(CN2CCC(N)C(C)(C)C2)cc(Cl)c1OCC(N)=O. The van der Waals surface area contributed by atoms with Crippen LogP contribution in [0, 0.1) is 5.41 Å². The topological polar surface area (TPSA) is 90.8 Å². The lowest BCUT2D eigenvalue weighted by atomic mass is 9.79. The zero-order valence-corrected chi connectivity index (χ0v) is 15.2. The molecule has 6 nitrogen and oxygen atoms in total. The number of nitrogens with two attached hydrogens (primary N) is 2. The monoisotopic (exact) mass is 355 g/mol. The minimum Gasteiger partial charge on any atom is -0.493 e. The maximum absolute atomic E-state index is 10.9. The van der Waals surface area contributed by atoms with Crippen molar-refractivity contribution < 1.29 is 14.3 Å². The maximum atomic E-state index is 10.9. The first kappa shape index (κ1) is 18.8. The number of likely N-dealkylation sites (tertiary alicyclic amines) is 1. The number of nitrogens with zero attached hydrogens (tertiary/aromatic N) is 1. The number of methoxy groups -OCH3 is 1. The first-order valence-corrected chi connectivity index (χ1v) is 8.36. The van der Waals surface area contributed by atoms with Crippen LogP contribution in [-0.4, -0.2) is 43.7 Å². The summed E-state index contributed by atoms with van der Waals surface area (Å²) in [5.74, 6) is 0.263. The van der Waals surface area contributed by atoms with E-state index in [1.165, 1.54) is 7.11 Å². The van der Waals surface area contributed by atoms with E-state index in [1.54, 1.807) is 0 Å². The van der Waals surface area contributed by atoms with Crippen molar-refractivity contribution in [3.05, 3.63) is 22.7 Å². The molecule has 1 aliphatic heterocycles. The van der Waals surface area contributed by atoms with Gasteiger partial charge in [-0.1, -0.05) is 25.4 Å². The van der Waals surface area contributed by atoms with Crippen LogP contribution in [-0.2, 0) is 11.3 Å². The second kappa shape index (κ2) is 7.59. The largest absolute Gasteiger partial charge is 0.493 e. The van der Waals surface area contributed by atoms with E-state index in [4.69, 9.17) is 32.5 Å². The number of piperidine rings is 1. The molecule has 134 valence electrons. The Kier molecular flexibility index (Phi) is 5.96. The molecular weight excluding hydrogens is 330 g/mol. The van der Waals surface area contributed by atoms with E-state index in [2.05, 4.69) is 18.7 Å². The van der Waals surface area contributed by atoms with Crippen LogP contribution in [0.25, 0.3) is 0 Å². The summed E-state index contributed by atoms with van der Waals surface area (Å²) in [4.78, 5) is 13.3. The molecule has 1 fully saturated rings. The second-order valence-electron chi connectivity index (χ2n) is 6.96. The van der Waals surface area contributed by atoms with Gasteiger partial charge in [-0.25, -0.2) is 0 Å². The van der Waals surface area contributed by atoms with Crippen LogP contribution in [0.5, 0.6) is 11.5 Å². The summed E-state index contributed by atoms with van der Waals surface area (Å²) >= 11 is 6.30. The van der Waals surface area contributed by atoms with Crippen molar-refractivity contribution in [2.24, 2.45) is 16.9 Å². The Hall–Kier alpha value is -1.50. The zero-order chi connectivity index (χ0) is 17.9. The van der Waals surface area contributed by atoms with Gasteiger partial charge >= 0.3 is 0 Å². The summed E-state index contributed by atoms with van der Waals surface area (Å²) in [6.07, 6.45) is 0.970. The van der Waals surface area contributed by atoms with Crippen molar-refractivity contribution in [3.8, 4) is 11.5 Å². The third-order valence-corrected chi connectivity index (χ3v) is 4.73. The van der Waals surface area contributed by atoms with Crippen molar-refractivity contribution in [2.75, 3.05) is 26.8 Å². The lowest BCUT2D eigenvalue weighted by Crippen LogP contribution is -2.52. The lowest BCUT2D eigenvalue weighted by Gasteiger charge is -2.42. The van der Waals surface area contributed by atoms with Crippen molar-refractivity contribution in [1.29, 1.82) is 0 Å². The van der Waals surface area contributed by atoms with E-state index in [0.29, 0.717) is 16.5 Å². The van der Waals surface area contributed by atoms with Gasteiger partial charge in [-0.15, -0.1) is 0 Å². The van der Waals surface area contributed by atoms with Crippen LogP contribution in [0.2, 0.25) is 5.02 Å². The highest BCUT2D eigenvalue weighted by atomic mass is 35.5. The minimum atomic E-state index is -0.566. The number of ether oxygens (including phenoxy) is 2. The summed E-state index contributed by atoms with van der Waals surface area (Å²) in [7, 11) is 1.54. The number of carbonyl (C=O) groups is 1. The third-order valence-electron chi connectivity index (χ3n) is 4.45. The van der Waals surface area contributed by atoms with Gasteiger partial charge in [0.05, 0.1) is 12.1 Å². The van der Waals surface area contributed by atoms with Gasteiger partial charge < -0.3 is 20.9 Å². The van der Waals surface area contributed by atoms with Gasteiger partial charge in [0, 0.05) is 25.7 Å². The quantitative estimate of drug-likeness (QED) is 0.811. The highest BCUT2D eigenvalue weighted by Crippen LogP contribution is 2.37. The van der Waals surface area contributed by atoms with Crippen LogP contribution < -0.4 is 20.9 Å². The lowest BCUT2D eigenvalue weighted by molar-refractivity contribution is -0.119. The number of amides is 1. The number of halogens is 1. The Morgan fingerprint density at radius 3 is 2.75 bits per heavy atom. The molecule has 24 heavy (non-hydrogen) atoms. The molecule has 1 unspecified atom stereocenters. The molecule has 1 aromatic carbocycles. The van der Waals surface area contributed by atoms with E-state index in [0.717, 1.165) is 31.6 Å². The number of primary amides is 1. The molecule has 7 heteroatoms. The Balaban J connectivity index is 2.14. The van der Waals surface area contributed by atoms with Gasteiger partial charge in [-0.2, -0.15) is 0 Å². The Labute approximate surface area is 148 Å². The highest BCUT2D eigenvalue weighted by molar-refractivity contribution is 6.32. The predicted octanol–water partition coefficient (Wildman–Crippen LogP) is 1.77. The van der Waals surface area contributed by atoms with Crippen molar-refractivity contribution in [3.63, 3.8) is 0 Å². The average Bonchev–Trinajstić information content (AvgIpc) is 2.49. The molecule has 1 heterocycles. The van der Waals surface area contributed by atoms with Gasteiger partial charge in [-0.3, -0.25) is 9.69 Å². The van der Waals surface area contributed by atoms with Crippen LogP contribution in [0.1, 0.15) is 25.8 Å². The standard InChI is InChI=1S/C17H26ClN3O3/c1-17(2)10-21(5-4-14(17)19)8-11-6-12(18)16(13(7-11)23-3)24-9-15(20)22/h6-7,14H,4-5,8-10,19H2,1-3H3,(H2,20,22). The van der Waals surface area contributed by atoms with Crippen LogP contribution in [0.4, 0.5) is 0 Å². The smallest absolute Gasteiger partial charge is 0.255 e. The molecule has 0 radical (unpaired) electrons. The fourth-order valence-electron chi connectivity index (χ4n) is 3.03. The number of rotatable bonds is 6. The van der Waals surface area contributed by atoms with E-state index in [-0.39, 0.29) is 18.1 Å². The molecule has 2 rings (SSSR count). The minimum absolute atomic E-state index is 0.0800. The summed E-state index contributed by atoms with van der Waals surface area (Å²) < 4.78 is 10.7. The number of benzene rings is 1. The summed E-state index contributed by atoms with van der Waals surface area (Å²) in [6, 6.07) is 3.93. The molecule has 1 amide bonds. The van der Waals surface area contributed by atoms with Gasteiger partial charge in [-0.05, 0) is 29.5 Å². The Morgan fingerprint density at radius 2 is 2.17 bits per heavy atom. The second-order valence-corrected chi connectivity index (χ2v) is 7.37. The fraction of sp³-hybridized carbons (Fsp3) is 0.588. The molecule has 4 N–H and O–H groups in total. The normalized spacial score (nSPS) is 20.6.